The van der Waals surface area contributed by atoms with Crippen molar-refractivity contribution in [3.8, 4) is 5.88 Å². The van der Waals surface area contributed by atoms with Gasteiger partial charge in [-0.25, -0.2) is 4.98 Å². The number of hydrogen-bond donors (Lipinski definition) is 0. The summed E-state index contributed by atoms with van der Waals surface area (Å²) in [5, 5.41) is 0. The highest BCUT2D eigenvalue weighted by Crippen LogP contribution is 2.28. The second kappa shape index (κ2) is 2.91. The summed E-state index contributed by atoms with van der Waals surface area (Å²) in [6, 6.07) is 5.72. The maximum Gasteiger partial charge on any atom is 0.213 e. The summed E-state index contributed by atoms with van der Waals surface area (Å²) in [7, 11) is 0. The normalized spacial score (nSPS) is 16.4. The maximum atomic E-state index is 5.42. The van der Waals surface area contributed by atoms with E-state index in [9.17, 15) is 0 Å². The lowest BCUT2D eigenvalue weighted by atomic mass is 10.4. The molecule has 0 aliphatic heterocycles. The van der Waals surface area contributed by atoms with Gasteiger partial charge in [-0.05, 0) is 24.8 Å². The Morgan fingerprint density at radius 3 is 3.00 bits per heavy atom. The molecule has 0 atom stereocenters. The molecule has 0 spiro atoms. The van der Waals surface area contributed by atoms with Gasteiger partial charge < -0.3 is 4.74 Å². The van der Waals surface area contributed by atoms with Gasteiger partial charge in [0.05, 0.1) is 6.61 Å². The van der Waals surface area contributed by atoms with Crippen molar-refractivity contribution in [1.29, 1.82) is 0 Å². The monoisotopic (exact) mass is 149 g/mol. The van der Waals surface area contributed by atoms with Gasteiger partial charge in [0.15, 0.2) is 0 Å². The standard InChI is InChI=1S/C9H11NO/c1-2-6-10-9(3-1)11-7-8-4-5-8/h1-3,6,8H,4-5,7H2. The van der Waals surface area contributed by atoms with Crippen molar-refractivity contribution in [3.63, 3.8) is 0 Å². The second-order valence-corrected chi connectivity index (χ2v) is 2.92. The van der Waals surface area contributed by atoms with E-state index in [1.807, 2.05) is 18.2 Å². The van der Waals surface area contributed by atoms with Crippen LogP contribution in [0.15, 0.2) is 24.4 Å². The van der Waals surface area contributed by atoms with Crippen molar-refractivity contribution in [2.45, 2.75) is 12.8 Å². The van der Waals surface area contributed by atoms with Crippen molar-refractivity contribution in [2.75, 3.05) is 6.61 Å². The molecule has 1 aliphatic carbocycles. The predicted octanol–water partition coefficient (Wildman–Crippen LogP) is 1.87. The van der Waals surface area contributed by atoms with Crippen LogP contribution in [-0.4, -0.2) is 11.6 Å². The van der Waals surface area contributed by atoms with Crippen molar-refractivity contribution >= 4 is 0 Å². The number of nitrogens with zero attached hydrogens (tertiary/aromatic N) is 1. The van der Waals surface area contributed by atoms with Crippen LogP contribution in [-0.2, 0) is 0 Å². The van der Waals surface area contributed by atoms with E-state index in [2.05, 4.69) is 4.98 Å². The largest absolute Gasteiger partial charge is 0.477 e. The molecular weight excluding hydrogens is 138 g/mol. The predicted molar refractivity (Wildman–Crippen MR) is 42.5 cm³/mol. The van der Waals surface area contributed by atoms with Gasteiger partial charge in [-0.3, -0.25) is 0 Å². The van der Waals surface area contributed by atoms with Crippen LogP contribution >= 0.6 is 0 Å². The molecule has 1 fully saturated rings. The third-order valence-electron chi connectivity index (χ3n) is 1.80. The van der Waals surface area contributed by atoms with Gasteiger partial charge >= 0.3 is 0 Å². The van der Waals surface area contributed by atoms with Gasteiger partial charge in [0.25, 0.3) is 0 Å². The van der Waals surface area contributed by atoms with E-state index in [-0.39, 0.29) is 0 Å². The van der Waals surface area contributed by atoms with E-state index in [0.29, 0.717) is 0 Å². The zero-order chi connectivity index (χ0) is 7.52. The lowest BCUT2D eigenvalue weighted by Crippen LogP contribution is -1.99. The molecule has 1 aromatic rings. The Labute approximate surface area is 66.2 Å². The van der Waals surface area contributed by atoms with Crippen LogP contribution in [0.25, 0.3) is 0 Å². The highest BCUT2D eigenvalue weighted by molar-refractivity contribution is 5.09. The van der Waals surface area contributed by atoms with Crippen molar-refractivity contribution in [3.05, 3.63) is 24.4 Å². The Kier molecular flexibility index (Phi) is 1.76. The van der Waals surface area contributed by atoms with Crippen LogP contribution < -0.4 is 4.74 Å². The second-order valence-electron chi connectivity index (χ2n) is 2.92. The van der Waals surface area contributed by atoms with Crippen molar-refractivity contribution < 1.29 is 4.74 Å². The minimum absolute atomic E-state index is 0.749. The summed E-state index contributed by atoms with van der Waals surface area (Å²) >= 11 is 0. The summed E-state index contributed by atoms with van der Waals surface area (Å²) < 4.78 is 5.42. The fourth-order valence-electron chi connectivity index (χ4n) is 0.920. The molecule has 2 nitrogen and oxygen atoms in total. The van der Waals surface area contributed by atoms with Gasteiger partial charge in [0, 0.05) is 12.3 Å². The molecule has 11 heavy (non-hydrogen) atoms. The third kappa shape index (κ3) is 1.93. The maximum absolute atomic E-state index is 5.42. The van der Waals surface area contributed by atoms with E-state index in [1.165, 1.54) is 12.8 Å². The molecule has 0 N–H and O–H groups in total. The minimum Gasteiger partial charge on any atom is -0.477 e. The van der Waals surface area contributed by atoms with E-state index >= 15 is 0 Å². The first-order valence-corrected chi connectivity index (χ1v) is 3.99. The molecule has 0 bridgehead atoms. The topological polar surface area (TPSA) is 22.1 Å². The summed E-state index contributed by atoms with van der Waals surface area (Å²) in [4.78, 5) is 4.06. The SMILES string of the molecule is c1ccc(OCC2CC2)nc1. The lowest BCUT2D eigenvalue weighted by molar-refractivity contribution is 0.288. The number of aromatic nitrogens is 1. The first kappa shape index (κ1) is 6.65. The zero-order valence-electron chi connectivity index (χ0n) is 6.36. The molecule has 0 amide bonds. The highest BCUT2D eigenvalue weighted by atomic mass is 16.5. The molecule has 2 rings (SSSR count). The van der Waals surface area contributed by atoms with Crippen LogP contribution in [0, 0.1) is 5.92 Å². The lowest BCUT2D eigenvalue weighted by Gasteiger charge is -2.01. The molecule has 0 aromatic carbocycles. The van der Waals surface area contributed by atoms with Crippen molar-refractivity contribution in [2.24, 2.45) is 5.92 Å². The molecule has 1 saturated carbocycles. The van der Waals surface area contributed by atoms with E-state index < -0.39 is 0 Å². The van der Waals surface area contributed by atoms with Gasteiger partial charge in [0.1, 0.15) is 0 Å². The Hall–Kier alpha value is -1.05. The Balaban J connectivity index is 1.85. The minimum atomic E-state index is 0.749. The molecule has 1 aliphatic rings. The summed E-state index contributed by atoms with van der Waals surface area (Å²) in [5.41, 5.74) is 0. The van der Waals surface area contributed by atoms with Gasteiger partial charge in [0.2, 0.25) is 5.88 Å². The molecule has 58 valence electrons. The fraction of sp³-hybridized carbons (Fsp3) is 0.444. The average Bonchev–Trinajstić information content (AvgIpc) is 2.86. The van der Waals surface area contributed by atoms with Crippen LogP contribution in [0.4, 0.5) is 0 Å². The van der Waals surface area contributed by atoms with Gasteiger partial charge in [-0.2, -0.15) is 0 Å². The van der Waals surface area contributed by atoms with Crippen LogP contribution in [0.5, 0.6) is 5.88 Å². The quantitative estimate of drug-likeness (QED) is 0.654. The Morgan fingerprint density at radius 1 is 1.45 bits per heavy atom. The van der Waals surface area contributed by atoms with Crippen LogP contribution in [0.3, 0.4) is 0 Å². The average molecular weight is 149 g/mol. The van der Waals surface area contributed by atoms with Crippen LogP contribution in [0.2, 0.25) is 0 Å². The molecule has 2 heteroatoms. The Bertz CT molecular complexity index is 218. The van der Waals surface area contributed by atoms with Gasteiger partial charge in [-0.1, -0.05) is 6.07 Å². The van der Waals surface area contributed by atoms with Crippen LogP contribution in [0.1, 0.15) is 12.8 Å². The van der Waals surface area contributed by atoms with E-state index in [1.54, 1.807) is 6.20 Å². The first-order valence-electron chi connectivity index (χ1n) is 3.99. The molecule has 0 saturated heterocycles. The fourth-order valence-corrected chi connectivity index (χ4v) is 0.920. The van der Waals surface area contributed by atoms with Crippen molar-refractivity contribution in [1.82, 2.24) is 4.98 Å². The smallest absolute Gasteiger partial charge is 0.213 e. The van der Waals surface area contributed by atoms with E-state index in [4.69, 9.17) is 4.74 Å². The number of pyridine rings is 1. The summed E-state index contributed by atoms with van der Waals surface area (Å²) in [5.74, 6) is 1.55. The molecule has 0 radical (unpaired) electrons. The van der Waals surface area contributed by atoms with E-state index in [0.717, 1.165) is 18.4 Å². The molecule has 1 aromatic heterocycles. The zero-order valence-corrected chi connectivity index (χ0v) is 6.36. The number of rotatable bonds is 3. The first-order chi connectivity index (χ1) is 5.45. The summed E-state index contributed by atoms with van der Waals surface area (Å²) in [6.07, 6.45) is 4.40. The number of hydrogen-bond acceptors (Lipinski definition) is 2. The molecule has 0 unspecified atom stereocenters. The molecule has 1 heterocycles. The highest BCUT2D eigenvalue weighted by Gasteiger charge is 2.21. The molecular formula is C9H11NO. The number of ether oxygens (including phenoxy) is 1. The third-order valence-corrected chi connectivity index (χ3v) is 1.80. The summed E-state index contributed by atoms with van der Waals surface area (Å²) in [6.45, 7) is 0.844. The Morgan fingerprint density at radius 2 is 2.36 bits per heavy atom. The van der Waals surface area contributed by atoms with Gasteiger partial charge in [-0.15, -0.1) is 0 Å².